The topological polar surface area (TPSA) is 96.0 Å². The molecule has 0 bridgehead atoms. The van der Waals surface area contributed by atoms with E-state index in [4.69, 9.17) is 27.9 Å². The zero-order chi connectivity index (χ0) is 18.2. The van der Waals surface area contributed by atoms with Crippen molar-refractivity contribution in [3.8, 4) is 0 Å². The Labute approximate surface area is 155 Å². The summed E-state index contributed by atoms with van der Waals surface area (Å²) in [4.78, 5) is 22.3. The standard InChI is InChI=1S/C15H20Cl2N6O2/c1-15(2,3)25-14(24)23-6-4-5-8(7-23)18-11-9-10(16)21-22-12(9)20-13(17)19-11/h8H,4-7H2,1-3H3,(H2,18,19,20,21,22)/t8-/m1/s1. The van der Waals surface area contributed by atoms with Crippen molar-refractivity contribution in [2.24, 2.45) is 0 Å². The van der Waals surface area contributed by atoms with E-state index in [1.165, 1.54) is 0 Å². The van der Waals surface area contributed by atoms with Crippen LogP contribution in [0.25, 0.3) is 11.0 Å². The fourth-order valence-corrected chi connectivity index (χ4v) is 3.14. The van der Waals surface area contributed by atoms with Gasteiger partial charge < -0.3 is 15.0 Å². The van der Waals surface area contributed by atoms with Crippen molar-refractivity contribution >= 4 is 46.1 Å². The third kappa shape index (κ3) is 4.24. The van der Waals surface area contributed by atoms with Crippen LogP contribution in [0.2, 0.25) is 10.4 Å². The summed E-state index contributed by atoms with van der Waals surface area (Å²) in [6, 6.07) is 0.00130. The van der Waals surface area contributed by atoms with Gasteiger partial charge in [0.1, 0.15) is 16.8 Å². The first kappa shape index (κ1) is 18.0. The second-order valence-corrected chi connectivity index (χ2v) is 7.69. The SMILES string of the molecule is CC(C)(C)OC(=O)N1CCC[C@@H](Nc2nc(Cl)nc3[nH]nc(Cl)c23)C1. The molecule has 1 atom stereocenters. The Morgan fingerprint density at radius 3 is 2.84 bits per heavy atom. The number of hydrogen-bond acceptors (Lipinski definition) is 6. The number of anilines is 1. The molecule has 0 saturated carbocycles. The van der Waals surface area contributed by atoms with Crippen LogP contribution in [0.5, 0.6) is 0 Å². The molecule has 1 aliphatic heterocycles. The summed E-state index contributed by atoms with van der Waals surface area (Å²) in [5.41, 5.74) is -0.0546. The lowest BCUT2D eigenvalue weighted by Crippen LogP contribution is -2.47. The van der Waals surface area contributed by atoms with Crippen molar-refractivity contribution in [3.05, 3.63) is 10.4 Å². The number of ether oxygens (including phenoxy) is 1. The van der Waals surface area contributed by atoms with Crippen LogP contribution in [0.1, 0.15) is 33.6 Å². The predicted molar refractivity (Wildman–Crippen MR) is 96.2 cm³/mol. The minimum Gasteiger partial charge on any atom is -0.444 e. The molecule has 25 heavy (non-hydrogen) atoms. The molecule has 1 fully saturated rings. The molecule has 3 rings (SSSR count). The van der Waals surface area contributed by atoms with Crippen molar-refractivity contribution in [1.82, 2.24) is 25.1 Å². The van der Waals surface area contributed by atoms with E-state index in [0.717, 1.165) is 12.8 Å². The molecular formula is C15H20Cl2N6O2. The number of piperidine rings is 1. The monoisotopic (exact) mass is 386 g/mol. The van der Waals surface area contributed by atoms with Gasteiger partial charge in [-0.3, -0.25) is 5.10 Å². The van der Waals surface area contributed by atoms with Crippen LogP contribution in [0.3, 0.4) is 0 Å². The van der Waals surface area contributed by atoms with Crippen LogP contribution < -0.4 is 5.32 Å². The number of hydrogen-bond donors (Lipinski definition) is 2. The highest BCUT2D eigenvalue weighted by Gasteiger charge is 2.28. The van der Waals surface area contributed by atoms with Crippen LogP contribution in [-0.4, -0.2) is 55.9 Å². The second-order valence-electron chi connectivity index (χ2n) is 6.99. The molecule has 0 unspecified atom stereocenters. The van der Waals surface area contributed by atoms with E-state index in [1.807, 2.05) is 20.8 Å². The Morgan fingerprint density at radius 2 is 2.12 bits per heavy atom. The van der Waals surface area contributed by atoms with Crippen LogP contribution >= 0.6 is 23.2 Å². The molecule has 0 aliphatic carbocycles. The van der Waals surface area contributed by atoms with Gasteiger partial charge >= 0.3 is 6.09 Å². The number of aromatic nitrogens is 4. The Morgan fingerprint density at radius 1 is 1.36 bits per heavy atom. The molecular weight excluding hydrogens is 367 g/mol. The van der Waals surface area contributed by atoms with E-state index >= 15 is 0 Å². The number of aromatic amines is 1. The smallest absolute Gasteiger partial charge is 0.410 e. The van der Waals surface area contributed by atoms with Crippen molar-refractivity contribution in [2.75, 3.05) is 18.4 Å². The first-order chi connectivity index (χ1) is 11.7. The molecule has 2 N–H and O–H groups in total. The van der Waals surface area contributed by atoms with E-state index in [1.54, 1.807) is 4.90 Å². The van der Waals surface area contributed by atoms with Gasteiger partial charge in [0.05, 0.1) is 0 Å². The quantitative estimate of drug-likeness (QED) is 0.766. The minimum atomic E-state index is -0.520. The average Bonchev–Trinajstić information content (AvgIpc) is 2.87. The minimum absolute atomic E-state index is 0.00130. The molecule has 2 aromatic heterocycles. The normalized spacial score (nSPS) is 18.4. The maximum Gasteiger partial charge on any atom is 0.410 e. The van der Waals surface area contributed by atoms with Crippen LogP contribution in [0.4, 0.5) is 10.6 Å². The summed E-state index contributed by atoms with van der Waals surface area (Å²) in [5, 5.41) is 10.9. The number of nitrogens with one attached hydrogen (secondary N) is 2. The first-order valence-corrected chi connectivity index (χ1v) is 8.80. The van der Waals surface area contributed by atoms with E-state index in [2.05, 4.69) is 25.5 Å². The second kappa shape index (κ2) is 6.84. The number of fused-ring (bicyclic) bond motifs is 1. The highest BCUT2D eigenvalue weighted by atomic mass is 35.5. The number of carbonyl (C=O) groups excluding carboxylic acids is 1. The van der Waals surface area contributed by atoms with E-state index < -0.39 is 5.60 Å². The largest absolute Gasteiger partial charge is 0.444 e. The third-order valence-electron chi connectivity index (χ3n) is 3.76. The summed E-state index contributed by atoms with van der Waals surface area (Å²) in [5.74, 6) is 0.504. The van der Waals surface area contributed by atoms with Gasteiger partial charge in [0.25, 0.3) is 0 Å². The summed E-state index contributed by atoms with van der Waals surface area (Å²) in [7, 11) is 0. The molecule has 8 nitrogen and oxygen atoms in total. The van der Waals surface area contributed by atoms with Gasteiger partial charge in [0, 0.05) is 19.1 Å². The highest BCUT2D eigenvalue weighted by Crippen LogP contribution is 2.28. The molecule has 1 aliphatic rings. The van der Waals surface area contributed by atoms with Crippen molar-refractivity contribution in [3.63, 3.8) is 0 Å². The number of likely N-dealkylation sites (tertiary alicyclic amines) is 1. The molecule has 136 valence electrons. The molecule has 0 spiro atoms. The fraction of sp³-hybridized carbons (Fsp3) is 0.600. The predicted octanol–water partition coefficient (Wildman–Crippen LogP) is 3.47. The molecule has 1 saturated heterocycles. The van der Waals surface area contributed by atoms with E-state index in [0.29, 0.717) is 29.9 Å². The molecule has 1 amide bonds. The number of amides is 1. The van der Waals surface area contributed by atoms with Crippen molar-refractivity contribution in [1.29, 1.82) is 0 Å². The van der Waals surface area contributed by atoms with Gasteiger partial charge in [-0.25, -0.2) is 4.79 Å². The van der Waals surface area contributed by atoms with Crippen LogP contribution in [0.15, 0.2) is 0 Å². The van der Waals surface area contributed by atoms with Gasteiger partial charge in [-0.1, -0.05) is 11.6 Å². The third-order valence-corrected chi connectivity index (χ3v) is 4.20. The summed E-state index contributed by atoms with van der Waals surface area (Å²) >= 11 is 12.1. The number of rotatable bonds is 2. The van der Waals surface area contributed by atoms with Gasteiger partial charge in [-0.05, 0) is 45.2 Å². The zero-order valence-corrected chi connectivity index (χ0v) is 15.8. The van der Waals surface area contributed by atoms with Crippen molar-refractivity contribution < 1.29 is 9.53 Å². The Balaban J connectivity index is 1.75. The molecule has 0 aromatic carbocycles. The fourth-order valence-electron chi connectivity index (χ4n) is 2.75. The summed E-state index contributed by atoms with van der Waals surface area (Å²) in [6.07, 6.45) is 1.43. The Kier molecular flexibility index (Phi) is 4.92. The number of H-pyrrole nitrogens is 1. The van der Waals surface area contributed by atoms with Crippen LogP contribution in [0, 0.1) is 0 Å². The van der Waals surface area contributed by atoms with Gasteiger partial charge in [0.2, 0.25) is 5.28 Å². The Hall–Kier alpha value is -1.80. The highest BCUT2D eigenvalue weighted by molar-refractivity contribution is 6.35. The molecule has 2 aromatic rings. The first-order valence-electron chi connectivity index (χ1n) is 8.04. The number of nitrogens with zero attached hydrogens (tertiary/aromatic N) is 4. The van der Waals surface area contributed by atoms with E-state index in [9.17, 15) is 4.79 Å². The molecule has 10 heteroatoms. The number of carbonyl (C=O) groups is 1. The summed E-state index contributed by atoms with van der Waals surface area (Å²) < 4.78 is 5.45. The lowest BCUT2D eigenvalue weighted by atomic mass is 10.1. The molecule has 3 heterocycles. The van der Waals surface area contributed by atoms with Gasteiger partial charge in [0.15, 0.2) is 10.8 Å². The summed E-state index contributed by atoms with van der Waals surface area (Å²) in [6.45, 7) is 6.73. The maximum absolute atomic E-state index is 12.3. The van der Waals surface area contributed by atoms with Crippen molar-refractivity contribution in [2.45, 2.75) is 45.3 Å². The molecule has 0 radical (unpaired) electrons. The van der Waals surface area contributed by atoms with E-state index in [-0.39, 0.29) is 22.6 Å². The van der Waals surface area contributed by atoms with Gasteiger partial charge in [-0.15, -0.1) is 0 Å². The lowest BCUT2D eigenvalue weighted by Gasteiger charge is -2.34. The lowest BCUT2D eigenvalue weighted by molar-refractivity contribution is 0.0206. The van der Waals surface area contributed by atoms with Crippen LogP contribution in [-0.2, 0) is 4.74 Å². The maximum atomic E-state index is 12.3. The zero-order valence-electron chi connectivity index (χ0n) is 14.3. The Bertz CT molecular complexity index is 788. The number of halogens is 2. The average molecular weight is 387 g/mol. The van der Waals surface area contributed by atoms with Gasteiger partial charge in [-0.2, -0.15) is 15.1 Å².